The molecule has 18 heteroatoms. The topological polar surface area (TPSA) is 35.5 Å². The second kappa shape index (κ2) is 9.40. The molecular formula is C15H13F15O3. The molecule has 3 nitrogen and oxygen atoms in total. The molecule has 196 valence electrons. The van der Waals surface area contributed by atoms with Crippen LogP contribution in [0, 0.1) is 0 Å². The summed E-state index contributed by atoms with van der Waals surface area (Å²) in [6, 6.07) is 0. The Balaban J connectivity index is 5.71. The van der Waals surface area contributed by atoms with Crippen molar-refractivity contribution in [3.8, 4) is 0 Å². The molecule has 0 aromatic heterocycles. The molecule has 0 aromatic carbocycles. The van der Waals surface area contributed by atoms with Crippen LogP contribution in [0.25, 0.3) is 0 Å². The van der Waals surface area contributed by atoms with Crippen molar-refractivity contribution in [1.29, 1.82) is 0 Å². The minimum atomic E-state index is -8.34. The number of halogens is 15. The average molecular weight is 526 g/mol. The van der Waals surface area contributed by atoms with Crippen LogP contribution >= 0.6 is 0 Å². The first kappa shape index (κ1) is 31.1. The summed E-state index contributed by atoms with van der Waals surface area (Å²) in [5.74, 6) is -48.0. The minimum absolute atomic E-state index is 0.0367. The van der Waals surface area contributed by atoms with Crippen LogP contribution in [0.3, 0.4) is 0 Å². The highest BCUT2D eigenvalue weighted by atomic mass is 19.4. The molecule has 0 fully saturated rings. The maximum absolute atomic E-state index is 13.5. The summed E-state index contributed by atoms with van der Waals surface area (Å²) in [6.45, 7) is -2.60. The number of rotatable bonds is 11. The van der Waals surface area contributed by atoms with E-state index in [2.05, 4.69) is 9.47 Å². The molecule has 0 aliphatic heterocycles. The maximum Gasteiger partial charge on any atom is 0.460 e. The van der Waals surface area contributed by atoms with E-state index >= 15 is 0 Å². The molecule has 0 radical (unpaired) electrons. The molecule has 0 atom stereocenters. The van der Waals surface area contributed by atoms with Gasteiger partial charge in [0.05, 0.1) is 6.61 Å². The quantitative estimate of drug-likeness (QED) is 0.146. The maximum atomic E-state index is 13.5. The molecule has 0 unspecified atom stereocenters. The second-order valence-corrected chi connectivity index (χ2v) is 6.23. The molecule has 0 amide bonds. The van der Waals surface area contributed by atoms with Crippen molar-refractivity contribution in [1.82, 2.24) is 0 Å². The van der Waals surface area contributed by atoms with Gasteiger partial charge >= 0.3 is 47.7 Å². The van der Waals surface area contributed by atoms with Gasteiger partial charge in [0, 0.05) is 5.57 Å². The molecule has 33 heavy (non-hydrogen) atoms. The number of esters is 1. The van der Waals surface area contributed by atoms with Gasteiger partial charge in [-0.05, 0) is 13.8 Å². The monoisotopic (exact) mass is 526 g/mol. The molecule has 0 heterocycles. The smallest absolute Gasteiger partial charge is 0.460 e. The predicted octanol–water partition coefficient (Wildman–Crippen LogP) is 5.89. The second-order valence-electron chi connectivity index (χ2n) is 6.23. The summed E-state index contributed by atoms with van der Waals surface area (Å²) < 4.78 is 203. The number of carbonyl (C=O) groups is 1. The highest BCUT2D eigenvalue weighted by molar-refractivity contribution is 5.87. The lowest BCUT2D eigenvalue weighted by Crippen LogP contribution is -2.73. The number of hydrogen-bond acceptors (Lipinski definition) is 3. The summed E-state index contributed by atoms with van der Waals surface area (Å²) in [5.41, 5.74) is -0.0367. The van der Waals surface area contributed by atoms with E-state index in [1.165, 1.54) is 19.9 Å². The lowest BCUT2D eigenvalue weighted by molar-refractivity contribution is -0.453. The fourth-order valence-corrected chi connectivity index (χ4v) is 1.72. The zero-order valence-electron chi connectivity index (χ0n) is 16.1. The van der Waals surface area contributed by atoms with Crippen LogP contribution in [-0.2, 0) is 14.3 Å². The molecule has 0 saturated heterocycles. The third kappa shape index (κ3) is 5.29. The van der Waals surface area contributed by atoms with Gasteiger partial charge in [0.25, 0.3) is 0 Å². The van der Waals surface area contributed by atoms with E-state index in [0.29, 0.717) is 0 Å². The van der Waals surface area contributed by atoms with Crippen molar-refractivity contribution >= 4 is 5.97 Å². The van der Waals surface area contributed by atoms with Crippen LogP contribution in [-0.4, -0.2) is 67.5 Å². The standard InChI is InChI=1S/C15H13F15O3/c1-3-7(2)8(31)33-5-4-32-6-9(16,17)10(18,19)11(20,21)12(22,23)13(24,25)14(26,27)15(28,29)30/h3H,4-6H2,1-2H3. The van der Waals surface area contributed by atoms with Gasteiger partial charge in [-0.15, -0.1) is 0 Å². The Morgan fingerprint density at radius 2 is 1.06 bits per heavy atom. The molecule has 0 rings (SSSR count). The molecule has 0 saturated carbocycles. The van der Waals surface area contributed by atoms with E-state index in [1.54, 1.807) is 0 Å². The van der Waals surface area contributed by atoms with Crippen LogP contribution < -0.4 is 0 Å². The van der Waals surface area contributed by atoms with Gasteiger partial charge in [-0.1, -0.05) is 6.08 Å². The molecule has 0 aliphatic rings. The van der Waals surface area contributed by atoms with Crippen molar-refractivity contribution in [2.75, 3.05) is 19.8 Å². The number of allylic oxidation sites excluding steroid dienone is 1. The molecule has 0 aliphatic carbocycles. The summed E-state index contributed by atoms with van der Waals surface area (Å²) in [5, 5.41) is 0. The lowest BCUT2D eigenvalue weighted by atomic mass is 9.91. The number of carbonyl (C=O) groups excluding carboxylic acids is 1. The molecule has 0 spiro atoms. The molecular weight excluding hydrogens is 513 g/mol. The lowest BCUT2D eigenvalue weighted by Gasteiger charge is -2.41. The van der Waals surface area contributed by atoms with Gasteiger partial charge in [0.15, 0.2) is 0 Å². The first-order valence-corrected chi connectivity index (χ1v) is 8.08. The van der Waals surface area contributed by atoms with Gasteiger partial charge in [-0.3, -0.25) is 0 Å². The first-order chi connectivity index (χ1) is 14.4. The van der Waals surface area contributed by atoms with Crippen molar-refractivity contribution in [3.05, 3.63) is 11.6 Å². The van der Waals surface area contributed by atoms with Crippen LogP contribution in [0.4, 0.5) is 65.9 Å². The van der Waals surface area contributed by atoms with Crippen molar-refractivity contribution in [3.63, 3.8) is 0 Å². The van der Waals surface area contributed by atoms with Crippen LogP contribution in [0.15, 0.2) is 11.6 Å². The Morgan fingerprint density at radius 3 is 1.45 bits per heavy atom. The third-order valence-electron chi connectivity index (χ3n) is 3.89. The fourth-order valence-electron chi connectivity index (χ4n) is 1.72. The Kier molecular flexibility index (Phi) is 8.87. The number of ether oxygens (including phenoxy) is 2. The molecule has 0 aromatic rings. The van der Waals surface area contributed by atoms with E-state index in [-0.39, 0.29) is 5.57 Å². The van der Waals surface area contributed by atoms with Crippen molar-refractivity contribution in [2.24, 2.45) is 0 Å². The highest BCUT2D eigenvalue weighted by Crippen LogP contribution is 2.62. The molecule has 0 bridgehead atoms. The van der Waals surface area contributed by atoms with Crippen molar-refractivity contribution in [2.45, 2.75) is 55.6 Å². The molecule has 0 N–H and O–H groups in total. The zero-order chi connectivity index (χ0) is 26.9. The SMILES string of the molecule is CC=C(C)C(=O)OCCOCC(F)(F)C(F)(F)C(F)(F)C(F)(F)C(F)(F)C(F)(F)C(F)(F)F. The van der Waals surface area contributed by atoms with E-state index in [9.17, 15) is 70.7 Å². The number of hydrogen-bond donors (Lipinski definition) is 0. The summed E-state index contributed by atoms with van der Waals surface area (Å²) >= 11 is 0. The van der Waals surface area contributed by atoms with Gasteiger partial charge < -0.3 is 9.47 Å². The van der Waals surface area contributed by atoms with Crippen molar-refractivity contribution < 1.29 is 80.1 Å². The zero-order valence-corrected chi connectivity index (χ0v) is 16.1. The van der Waals surface area contributed by atoms with Gasteiger partial charge in [0.1, 0.15) is 13.2 Å². The fraction of sp³-hybridized carbons (Fsp3) is 0.800. The largest absolute Gasteiger partial charge is 0.460 e. The van der Waals surface area contributed by atoms with Crippen LogP contribution in [0.5, 0.6) is 0 Å². The van der Waals surface area contributed by atoms with E-state index in [1.807, 2.05) is 0 Å². The normalized spacial score (nSPS) is 15.6. The highest BCUT2D eigenvalue weighted by Gasteiger charge is 2.93. The average Bonchev–Trinajstić information content (AvgIpc) is 2.64. The van der Waals surface area contributed by atoms with E-state index in [4.69, 9.17) is 0 Å². The van der Waals surface area contributed by atoms with Gasteiger partial charge in [-0.25, -0.2) is 4.79 Å². The summed E-state index contributed by atoms with van der Waals surface area (Å²) in [4.78, 5) is 11.2. The Morgan fingerprint density at radius 1 is 0.667 bits per heavy atom. The number of alkyl halides is 15. The third-order valence-corrected chi connectivity index (χ3v) is 3.89. The van der Waals surface area contributed by atoms with E-state index < -0.39 is 67.5 Å². The summed E-state index contributed by atoms with van der Waals surface area (Å²) in [7, 11) is 0. The van der Waals surface area contributed by atoms with Gasteiger partial charge in [0.2, 0.25) is 0 Å². The Labute approximate surface area is 174 Å². The minimum Gasteiger partial charge on any atom is -0.460 e. The van der Waals surface area contributed by atoms with Crippen LogP contribution in [0.1, 0.15) is 13.8 Å². The predicted molar refractivity (Wildman–Crippen MR) is 76.9 cm³/mol. The Bertz CT molecular complexity index is 725. The summed E-state index contributed by atoms with van der Waals surface area (Å²) in [6.07, 6.45) is -6.45. The van der Waals surface area contributed by atoms with E-state index in [0.717, 1.165) is 0 Å². The van der Waals surface area contributed by atoms with Gasteiger partial charge in [-0.2, -0.15) is 65.9 Å². The van der Waals surface area contributed by atoms with Crippen LogP contribution in [0.2, 0.25) is 0 Å². The first-order valence-electron chi connectivity index (χ1n) is 8.08. The Hall–Kier alpha value is -1.88.